The summed E-state index contributed by atoms with van der Waals surface area (Å²) in [5.41, 5.74) is 4.13. The predicted molar refractivity (Wildman–Crippen MR) is 115 cm³/mol. The minimum absolute atomic E-state index is 0.417. The Hall–Kier alpha value is -3.93. The molecule has 0 atom stereocenters. The van der Waals surface area contributed by atoms with E-state index in [0.717, 1.165) is 22.7 Å². The summed E-state index contributed by atoms with van der Waals surface area (Å²) in [7, 11) is 0. The van der Waals surface area contributed by atoms with E-state index >= 15 is 0 Å². The lowest BCUT2D eigenvalue weighted by atomic mass is 10.2. The zero-order chi connectivity index (χ0) is 19.9. The second kappa shape index (κ2) is 8.84. The molecule has 1 heterocycles. The van der Waals surface area contributed by atoms with E-state index in [1.165, 1.54) is 5.56 Å². The molecule has 0 radical (unpaired) electrons. The Morgan fingerprint density at radius 1 is 0.793 bits per heavy atom. The van der Waals surface area contributed by atoms with Gasteiger partial charge in [0.2, 0.25) is 5.95 Å². The van der Waals surface area contributed by atoms with Gasteiger partial charge in [0.1, 0.15) is 12.4 Å². The van der Waals surface area contributed by atoms with Crippen LogP contribution in [0.1, 0.15) is 11.1 Å². The lowest BCUT2D eigenvalue weighted by molar-refractivity contribution is 0.306. The van der Waals surface area contributed by atoms with Gasteiger partial charge in [-0.05, 0) is 48.9 Å². The molecule has 0 bridgehead atoms. The van der Waals surface area contributed by atoms with Gasteiger partial charge in [0.25, 0.3) is 0 Å². The number of rotatable bonds is 7. The molecule has 4 rings (SSSR count). The molecule has 0 aliphatic heterocycles. The zero-order valence-electron chi connectivity index (χ0n) is 16.0. The van der Waals surface area contributed by atoms with Crippen molar-refractivity contribution in [2.75, 3.05) is 10.6 Å². The van der Waals surface area contributed by atoms with Crippen molar-refractivity contribution in [3.05, 3.63) is 96.2 Å². The number of benzene rings is 3. The van der Waals surface area contributed by atoms with Gasteiger partial charge in [-0.15, -0.1) is 5.10 Å². The molecule has 0 amide bonds. The van der Waals surface area contributed by atoms with Crippen LogP contribution in [0.25, 0.3) is 0 Å². The fourth-order valence-corrected chi connectivity index (χ4v) is 2.71. The normalized spacial score (nSPS) is 10.4. The molecule has 1 aromatic heterocycles. The highest BCUT2D eigenvalue weighted by Crippen LogP contribution is 2.20. The van der Waals surface area contributed by atoms with Gasteiger partial charge in [-0.1, -0.05) is 48.0 Å². The summed E-state index contributed by atoms with van der Waals surface area (Å²) >= 11 is 0. The van der Waals surface area contributed by atoms with Crippen molar-refractivity contribution in [3.63, 3.8) is 0 Å². The lowest BCUT2D eigenvalue weighted by Gasteiger charge is -2.09. The summed E-state index contributed by atoms with van der Waals surface area (Å²) in [5.74, 6) is 1.84. The van der Waals surface area contributed by atoms with Gasteiger partial charge >= 0.3 is 0 Å². The number of hydrogen-bond acceptors (Lipinski definition) is 6. The summed E-state index contributed by atoms with van der Waals surface area (Å²) in [4.78, 5) is 4.46. The molecule has 2 N–H and O–H groups in total. The number of nitrogens with one attached hydrogen (secondary N) is 2. The van der Waals surface area contributed by atoms with E-state index in [2.05, 4.69) is 32.7 Å². The average molecular weight is 383 g/mol. The fraction of sp³-hybridized carbons (Fsp3) is 0.0870. The Morgan fingerprint density at radius 2 is 1.48 bits per heavy atom. The molecule has 4 aromatic rings. The van der Waals surface area contributed by atoms with Crippen LogP contribution in [0.5, 0.6) is 5.75 Å². The molecule has 3 aromatic carbocycles. The van der Waals surface area contributed by atoms with E-state index in [1.807, 2.05) is 78.9 Å². The largest absolute Gasteiger partial charge is 0.489 e. The predicted octanol–water partition coefficient (Wildman–Crippen LogP) is 5.25. The molecule has 0 unspecified atom stereocenters. The minimum atomic E-state index is 0.417. The molecule has 29 heavy (non-hydrogen) atoms. The van der Waals surface area contributed by atoms with Gasteiger partial charge in [-0.3, -0.25) is 0 Å². The second-order valence-corrected chi connectivity index (χ2v) is 6.58. The maximum atomic E-state index is 5.81. The third kappa shape index (κ3) is 5.29. The Labute approximate surface area is 169 Å². The quantitative estimate of drug-likeness (QED) is 0.454. The third-order valence-electron chi connectivity index (χ3n) is 4.24. The highest BCUT2D eigenvalue weighted by atomic mass is 16.5. The first-order valence-electron chi connectivity index (χ1n) is 9.32. The van der Waals surface area contributed by atoms with Crippen LogP contribution in [0.4, 0.5) is 23.1 Å². The number of aryl methyl sites for hydroxylation is 1. The first kappa shape index (κ1) is 18.4. The summed E-state index contributed by atoms with van der Waals surface area (Å²) in [5, 5.41) is 14.4. The van der Waals surface area contributed by atoms with Crippen LogP contribution in [0, 0.1) is 6.92 Å². The molecule has 0 saturated heterocycles. The molecule has 0 fully saturated rings. The van der Waals surface area contributed by atoms with Gasteiger partial charge in [-0.25, -0.2) is 0 Å². The maximum Gasteiger partial charge on any atom is 0.249 e. The van der Waals surface area contributed by atoms with Gasteiger partial charge in [0, 0.05) is 11.4 Å². The van der Waals surface area contributed by atoms with Crippen LogP contribution >= 0.6 is 0 Å². The highest BCUT2D eigenvalue weighted by Gasteiger charge is 2.03. The number of aromatic nitrogens is 3. The molecular weight excluding hydrogens is 362 g/mol. The lowest BCUT2D eigenvalue weighted by Crippen LogP contribution is -2.02. The number of nitrogens with zero attached hydrogens (tertiary/aromatic N) is 3. The van der Waals surface area contributed by atoms with E-state index < -0.39 is 0 Å². The second-order valence-electron chi connectivity index (χ2n) is 6.58. The molecule has 6 nitrogen and oxygen atoms in total. The molecule has 0 spiro atoms. The van der Waals surface area contributed by atoms with Crippen molar-refractivity contribution >= 4 is 23.1 Å². The summed E-state index contributed by atoms with van der Waals surface area (Å²) in [6.45, 7) is 2.59. The van der Waals surface area contributed by atoms with Crippen LogP contribution in [0.3, 0.4) is 0 Å². The maximum absolute atomic E-state index is 5.81. The molecule has 144 valence electrons. The van der Waals surface area contributed by atoms with E-state index in [-0.39, 0.29) is 0 Å². The van der Waals surface area contributed by atoms with Crippen molar-refractivity contribution in [2.45, 2.75) is 13.5 Å². The molecular formula is C23H21N5O. The van der Waals surface area contributed by atoms with Gasteiger partial charge < -0.3 is 15.4 Å². The van der Waals surface area contributed by atoms with Crippen LogP contribution in [0.2, 0.25) is 0 Å². The van der Waals surface area contributed by atoms with Crippen molar-refractivity contribution in [2.24, 2.45) is 0 Å². The number of anilines is 4. The van der Waals surface area contributed by atoms with Crippen LogP contribution in [0.15, 0.2) is 85.1 Å². The number of ether oxygens (including phenoxy) is 1. The van der Waals surface area contributed by atoms with E-state index in [0.29, 0.717) is 18.4 Å². The Kier molecular flexibility index (Phi) is 5.62. The molecule has 0 aliphatic carbocycles. The topological polar surface area (TPSA) is 72.0 Å². The van der Waals surface area contributed by atoms with Crippen molar-refractivity contribution in [3.8, 4) is 5.75 Å². The smallest absolute Gasteiger partial charge is 0.249 e. The van der Waals surface area contributed by atoms with Crippen LogP contribution in [-0.2, 0) is 6.61 Å². The van der Waals surface area contributed by atoms with Gasteiger partial charge in [0.05, 0.1) is 6.20 Å². The Balaban J connectivity index is 1.37. The third-order valence-corrected chi connectivity index (χ3v) is 4.24. The summed E-state index contributed by atoms with van der Waals surface area (Å²) in [6.07, 6.45) is 1.59. The summed E-state index contributed by atoms with van der Waals surface area (Å²) in [6, 6.07) is 25.8. The van der Waals surface area contributed by atoms with Crippen molar-refractivity contribution < 1.29 is 4.74 Å². The highest BCUT2D eigenvalue weighted by molar-refractivity contribution is 5.59. The van der Waals surface area contributed by atoms with Crippen molar-refractivity contribution in [1.29, 1.82) is 0 Å². The van der Waals surface area contributed by atoms with Gasteiger partial charge in [-0.2, -0.15) is 10.1 Å². The molecule has 6 heteroatoms. The minimum Gasteiger partial charge on any atom is -0.489 e. The standard InChI is InChI=1S/C23H21N5O/c1-17-7-9-19(10-8-17)25-22-15-24-28-23(27-22)26-20-11-13-21(14-12-20)29-16-18-5-3-2-4-6-18/h2-15H,16H2,1H3,(H2,25,26,27,28). The fourth-order valence-electron chi connectivity index (χ4n) is 2.71. The SMILES string of the molecule is Cc1ccc(Nc2cnnc(Nc3ccc(OCc4ccccc4)cc3)n2)cc1. The van der Waals surface area contributed by atoms with Gasteiger partial charge in [0.15, 0.2) is 5.82 Å². The van der Waals surface area contributed by atoms with E-state index in [1.54, 1.807) is 6.20 Å². The average Bonchev–Trinajstić information content (AvgIpc) is 2.76. The molecule has 0 aliphatic rings. The first-order chi connectivity index (χ1) is 14.2. The molecule has 0 saturated carbocycles. The first-order valence-corrected chi connectivity index (χ1v) is 9.32. The van der Waals surface area contributed by atoms with Crippen molar-refractivity contribution in [1.82, 2.24) is 15.2 Å². The Bertz CT molecular complexity index is 1050. The van der Waals surface area contributed by atoms with Crippen LogP contribution in [-0.4, -0.2) is 15.2 Å². The monoisotopic (exact) mass is 383 g/mol. The van der Waals surface area contributed by atoms with E-state index in [9.17, 15) is 0 Å². The zero-order valence-corrected chi connectivity index (χ0v) is 16.0. The Morgan fingerprint density at radius 3 is 2.24 bits per heavy atom. The van der Waals surface area contributed by atoms with Crippen LogP contribution < -0.4 is 15.4 Å². The number of hydrogen-bond donors (Lipinski definition) is 2. The van der Waals surface area contributed by atoms with E-state index in [4.69, 9.17) is 4.74 Å². The summed E-state index contributed by atoms with van der Waals surface area (Å²) < 4.78 is 5.81.